The number of rotatable bonds is 11. The number of ether oxygens (including phenoxy) is 3. The molecule has 216 valence electrons. The molecule has 4 aromatic rings. The molecule has 1 aromatic heterocycles. The van der Waals surface area contributed by atoms with Gasteiger partial charge in [0.05, 0.1) is 37.5 Å². The van der Waals surface area contributed by atoms with E-state index in [-0.39, 0.29) is 12.1 Å². The zero-order chi connectivity index (χ0) is 29.8. The lowest BCUT2D eigenvalue weighted by Gasteiger charge is -2.21. The molecule has 0 aliphatic heterocycles. The largest absolute Gasteiger partial charge is 0.496 e. The maximum Gasteiger partial charge on any atom is 0.337 e. The first-order valence-electron chi connectivity index (χ1n) is 13.6. The molecule has 1 aliphatic rings. The van der Waals surface area contributed by atoms with Gasteiger partial charge in [0.15, 0.2) is 0 Å². The highest BCUT2D eigenvalue weighted by atomic mass is 16.5. The third-order valence-corrected chi connectivity index (χ3v) is 7.45. The third-order valence-electron chi connectivity index (χ3n) is 7.45. The predicted octanol–water partition coefficient (Wildman–Crippen LogP) is 5.61. The van der Waals surface area contributed by atoms with E-state index in [0.717, 1.165) is 51.9 Å². The number of fused-ring (bicyclic) bond motifs is 2. The number of allylic oxidation sites excluding steroid dienone is 1. The Bertz CT molecular complexity index is 1710. The number of benzene rings is 3. The average Bonchev–Trinajstić information content (AvgIpc) is 3.29. The number of aromatic carboxylic acids is 1. The lowest BCUT2D eigenvalue weighted by Crippen LogP contribution is -2.14. The molecule has 1 heterocycles. The summed E-state index contributed by atoms with van der Waals surface area (Å²) in [6.45, 7) is -0.0162. The normalized spacial score (nSPS) is 12.4. The van der Waals surface area contributed by atoms with Gasteiger partial charge in [-0.05, 0) is 73.2 Å². The molecule has 9 nitrogen and oxygen atoms in total. The molecule has 0 bridgehead atoms. The number of aromatic nitrogens is 1. The van der Waals surface area contributed by atoms with Gasteiger partial charge in [-0.1, -0.05) is 30.3 Å². The van der Waals surface area contributed by atoms with Crippen LogP contribution in [0.5, 0.6) is 11.5 Å². The molecule has 0 spiro atoms. The standard InChI is InChI=1S/C33H31NO8/c1-40-29-13-5-9-23-24(29)10-4-11-25(23)31-26-15-14-20(32(37)38)18-28(26)34(19-30(35)36)27(31)12-6-16-42-22-8-3-7-21(17-22)33(39)41-2/h3,5,7-9,11,13-15,17-18H,4,6,10,12,16,19H2,1-2H3,(H,35,36)(H,37,38). The van der Waals surface area contributed by atoms with E-state index in [0.29, 0.717) is 36.3 Å². The van der Waals surface area contributed by atoms with E-state index >= 15 is 0 Å². The number of carbonyl (C=O) groups excluding carboxylic acids is 1. The van der Waals surface area contributed by atoms with Crippen LogP contribution in [0.1, 0.15) is 55.9 Å². The molecule has 0 saturated heterocycles. The number of nitrogens with zero attached hydrogens (tertiary/aromatic N) is 1. The van der Waals surface area contributed by atoms with E-state index in [1.54, 1.807) is 48.1 Å². The van der Waals surface area contributed by atoms with Crippen molar-refractivity contribution in [3.05, 3.63) is 100 Å². The first kappa shape index (κ1) is 28.5. The minimum absolute atomic E-state index is 0.0817. The summed E-state index contributed by atoms with van der Waals surface area (Å²) < 4.78 is 18.1. The van der Waals surface area contributed by atoms with E-state index < -0.39 is 17.9 Å². The van der Waals surface area contributed by atoms with Crippen LogP contribution in [0.25, 0.3) is 16.5 Å². The Morgan fingerprint density at radius 1 is 0.952 bits per heavy atom. The topological polar surface area (TPSA) is 124 Å². The van der Waals surface area contributed by atoms with Crippen LogP contribution in [0.2, 0.25) is 0 Å². The summed E-state index contributed by atoms with van der Waals surface area (Å²) in [5.74, 6) is -1.26. The highest BCUT2D eigenvalue weighted by Gasteiger charge is 2.26. The maximum absolute atomic E-state index is 12.0. The van der Waals surface area contributed by atoms with Gasteiger partial charge in [0, 0.05) is 22.2 Å². The molecular weight excluding hydrogens is 538 g/mol. The van der Waals surface area contributed by atoms with E-state index in [1.165, 1.54) is 13.2 Å². The molecule has 0 amide bonds. The first-order valence-corrected chi connectivity index (χ1v) is 13.6. The van der Waals surface area contributed by atoms with Crippen LogP contribution in [0.15, 0.2) is 66.7 Å². The first-order chi connectivity index (χ1) is 20.3. The fraction of sp³-hybridized carbons (Fsp3) is 0.242. The second kappa shape index (κ2) is 12.2. The fourth-order valence-corrected chi connectivity index (χ4v) is 5.65. The fourth-order valence-electron chi connectivity index (χ4n) is 5.65. The van der Waals surface area contributed by atoms with Gasteiger partial charge in [-0.15, -0.1) is 0 Å². The number of carboxylic acid groups (broad SMARTS) is 2. The summed E-state index contributed by atoms with van der Waals surface area (Å²) in [5.41, 5.74) is 5.73. The number of esters is 1. The Hall–Kier alpha value is -5.05. The van der Waals surface area contributed by atoms with Gasteiger partial charge in [-0.2, -0.15) is 0 Å². The maximum atomic E-state index is 12.0. The smallest absolute Gasteiger partial charge is 0.337 e. The van der Waals surface area contributed by atoms with Crippen molar-refractivity contribution in [3.8, 4) is 11.5 Å². The average molecular weight is 570 g/mol. The minimum Gasteiger partial charge on any atom is -0.496 e. The van der Waals surface area contributed by atoms with Crippen molar-refractivity contribution in [2.75, 3.05) is 20.8 Å². The molecule has 0 saturated carbocycles. The second-order valence-electron chi connectivity index (χ2n) is 9.95. The van der Waals surface area contributed by atoms with Crippen LogP contribution in [0.3, 0.4) is 0 Å². The van der Waals surface area contributed by atoms with Crippen molar-refractivity contribution >= 4 is 34.4 Å². The van der Waals surface area contributed by atoms with Crippen LogP contribution in [0, 0.1) is 0 Å². The Morgan fingerprint density at radius 3 is 2.50 bits per heavy atom. The van der Waals surface area contributed by atoms with Crippen molar-refractivity contribution in [1.82, 2.24) is 4.57 Å². The molecule has 0 atom stereocenters. The Kier molecular flexibility index (Phi) is 8.28. The van der Waals surface area contributed by atoms with Gasteiger partial charge >= 0.3 is 17.9 Å². The van der Waals surface area contributed by atoms with Crippen LogP contribution >= 0.6 is 0 Å². The van der Waals surface area contributed by atoms with E-state index in [2.05, 4.69) is 6.08 Å². The van der Waals surface area contributed by atoms with Crippen molar-refractivity contribution in [2.45, 2.75) is 32.2 Å². The van der Waals surface area contributed by atoms with Crippen LogP contribution < -0.4 is 9.47 Å². The van der Waals surface area contributed by atoms with Gasteiger partial charge in [-0.3, -0.25) is 4.79 Å². The lowest BCUT2D eigenvalue weighted by atomic mass is 9.84. The molecule has 9 heteroatoms. The zero-order valence-electron chi connectivity index (χ0n) is 23.4. The second-order valence-corrected chi connectivity index (χ2v) is 9.95. The van der Waals surface area contributed by atoms with Gasteiger partial charge in [-0.25, -0.2) is 9.59 Å². The summed E-state index contributed by atoms with van der Waals surface area (Å²) in [5, 5.41) is 20.3. The summed E-state index contributed by atoms with van der Waals surface area (Å²) in [7, 11) is 2.96. The third kappa shape index (κ3) is 5.58. The van der Waals surface area contributed by atoms with E-state index in [4.69, 9.17) is 14.2 Å². The number of methoxy groups -OCH3 is 2. The highest BCUT2D eigenvalue weighted by molar-refractivity contribution is 6.03. The number of aliphatic carboxylic acids is 1. The molecule has 0 fully saturated rings. The molecular formula is C33H31NO8. The molecule has 0 radical (unpaired) electrons. The van der Waals surface area contributed by atoms with Crippen molar-refractivity contribution in [1.29, 1.82) is 0 Å². The zero-order valence-corrected chi connectivity index (χ0v) is 23.4. The van der Waals surface area contributed by atoms with Crippen molar-refractivity contribution in [3.63, 3.8) is 0 Å². The van der Waals surface area contributed by atoms with Gasteiger partial charge < -0.3 is 29.0 Å². The Morgan fingerprint density at radius 2 is 1.76 bits per heavy atom. The molecule has 42 heavy (non-hydrogen) atoms. The summed E-state index contributed by atoms with van der Waals surface area (Å²) in [4.78, 5) is 35.8. The van der Waals surface area contributed by atoms with Crippen molar-refractivity contribution < 1.29 is 38.8 Å². The van der Waals surface area contributed by atoms with Gasteiger partial charge in [0.1, 0.15) is 18.0 Å². The van der Waals surface area contributed by atoms with Crippen LogP contribution in [-0.2, 0) is 28.9 Å². The number of carbonyl (C=O) groups is 3. The number of hydrogen-bond acceptors (Lipinski definition) is 6. The van der Waals surface area contributed by atoms with Crippen LogP contribution in [-0.4, -0.2) is 53.5 Å². The predicted molar refractivity (Wildman–Crippen MR) is 157 cm³/mol. The quantitative estimate of drug-likeness (QED) is 0.177. The summed E-state index contributed by atoms with van der Waals surface area (Å²) in [6.07, 6.45) is 4.75. The molecule has 5 rings (SSSR count). The molecule has 1 aliphatic carbocycles. The monoisotopic (exact) mass is 569 g/mol. The molecule has 0 unspecified atom stereocenters. The van der Waals surface area contributed by atoms with Crippen LogP contribution in [0.4, 0.5) is 0 Å². The molecule has 2 N–H and O–H groups in total. The SMILES string of the molecule is COC(=O)c1cccc(OCCCc2c(C3=CCCc4c(OC)cccc43)c3ccc(C(=O)O)cc3n2CC(=O)O)c1. The Balaban J connectivity index is 1.57. The number of hydrogen-bond donors (Lipinski definition) is 2. The summed E-state index contributed by atoms with van der Waals surface area (Å²) in [6, 6.07) is 17.5. The van der Waals surface area contributed by atoms with Gasteiger partial charge in [0.25, 0.3) is 0 Å². The van der Waals surface area contributed by atoms with Gasteiger partial charge in [0.2, 0.25) is 0 Å². The minimum atomic E-state index is -1.09. The highest BCUT2D eigenvalue weighted by Crippen LogP contribution is 2.42. The number of carboxylic acids is 2. The molecule has 3 aromatic carbocycles. The summed E-state index contributed by atoms with van der Waals surface area (Å²) >= 11 is 0. The van der Waals surface area contributed by atoms with E-state index in [1.807, 2.05) is 18.2 Å². The Labute approximate surface area is 242 Å². The lowest BCUT2D eigenvalue weighted by molar-refractivity contribution is -0.137. The van der Waals surface area contributed by atoms with Crippen molar-refractivity contribution in [2.24, 2.45) is 0 Å². The van der Waals surface area contributed by atoms with E-state index in [9.17, 15) is 24.6 Å².